The molecule has 1 N–H and O–H groups in total. The average Bonchev–Trinajstić information content (AvgIpc) is 2.26. The summed E-state index contributed by atoms with van der Waals surface area (Å²) < 4.78 is 37.7. The predicted octanol–water partition coefficient (Wildman–Crippen LogP) is 4.05. The van der Waals surface area contributed by atoms with Crippen molar-refractivity contribution in [3.05, 3.63) is 35.4 Å². The van der Waals surface area contributed by atoms with Crippen molar-refractivity contribution in [3.8, 4) is 0 Å². The minimum atomic E-state index is -4.32. The molecule has 0 aromatic heterocycles. The van der Waals surface area contributed by atoms with Gasteiger partial charge in [-0.3, -0.25) is 0 Å². The van der Waals surface area contributed by atoms with Gasteiger partial charge in [-0.25, -0.2) is 0 Å². The van der Waals surface area contributed by atoms with Gasteiger partial charge in [0.1, 0.15) is 0 Å². The highest BCUT2D eigenvalue weighted by Gasteiger charge is 2.31. The lowest BCUT2D eigenvalue weighted by molar-refractivity contribution is -0.137. The molecule has 0 radical (unpaired) electrons. The largest absolute Gasteiger partial charge is 0.416 e. The maximum absolute atomic E-state index is 12.6. The van der Waals surface area contributed by atoms with Gasteiger partial charge in [0.25, 0.3) is 0 Å². The van der Waals surface area contributed by atoms with E-state index in [0.29, 0.717) is 18.4 Å². The standard InChI is InChI=1S/C14H19F3O/c1-4-12(18)13(2,3)9-10-6-5-7-11(8-10)14(15,16)17/h5-8,12,18H,4,9H2,1-3H3. The Hall–Kier alpha value is -1.03. The first kappa shape index (κ1) is 15.0. The summed E-state index contributed by atoms with van der Waals surface area (Å²) in [6.07, 6.45) is -3.83. The molecule has 0 aliphatic rings. The first-order valence-corrected chi connectivity index (χ1v) is 6.01. The van der Waals surface area contributed by atoms with Gasteiger partial charge in [-0.2, -0.15) is 13.2 Å². The van der Waals surface area contributed by atoms with E-state index < -0.39 is 23.3 Å². The summed E-state index contributed by atoms with van der Waals surface area (Å²) in [5.41, 5.74) is -0.469. The zero-order chi connectivity index (χ0) is 14.0. The molecule has 0 aliphatic heterocycles. The first-order chi connectivity index (χ1) is 8.16. The Morgan fingerprint density at radius 2 is 1.83 bits per heavy atom. The van der Waals surface area contributed by atoms with Crippen LogP contribution in [0.1, 0.15) is 38.3 Å². The number of aliphatic hydroxyl groups excluding tert-OH is 1. The normalized spacial score (nSPS) is 14.6. The Balaban J connectivity index is 2.92. The van der Waals surface area contributed by atoms with Crippen molar-refractivity contribution in [2.24, 2.45) is 5.41 Å². The van der Waals surface area contributed by atoms with Gasteiger partial charge in [-0.1, -0.05) is 39.0 Å². The molecular formula is C14H19F3O. The molecule has 0 spiro atoms. The van der Waals surface area contributed by atoms with Crippen LogP contribution < -0.4 is 0 Å². The molecule has 0 amide bonds. The van der Waals surface area contributed by atoms with E-state index in [0.717, 1.165) is 12.1 Å². The molecule has 1 atom stereocenters. The summed E-state index contributed by atoms with van der Waals surface area (Å²) in [4.78, 5) is 0. The highest BCUT2D eigenvalue weighted by atomic mass is 19.4. The number of hydrogen-bond acceptors (Lipinski definition) is 1. The fourth-order valence-electron chi connectivity index (χ4n) is 2.05. The molecule has 102 valence electrons. The molecule has 1 unspecified atom stereocenters. The van der Waals surface area contributed by atoms with E-state index >= 15 is 0 Å². The Labute approximate surface area is 106 Å². The van der Waals surface area contributed by atoms with Crippen molar-refractivity contribution in [1.82, 2.24) is 0 Å². The number of halogens is 3. The summed E-state index contributed by atoms with van der Waals surface area (Å²) in [7, 11) is 0. The van der Waals surface area contributed by atoms with Gasteiger partial charge in [0.05, 0.1) is 11.7 Å². The number of benzene rings is 1. The average molecular weight is 260 g/mol. The molecule has 1 nitrogen and oxygen atoms in total. The second-order valence-electron chi connectivity index (χ2n) is 5.29. The maximum Gasteiger partial charge on any atom is 0.416 e. The first-order valence-electron chi connectivity index (χ1n) is 6.01. The topological polar surface area (TPSA) is 20.2 Å². The van der Waals surface area contributed by atoms with Gasteiger partial charge >= 0.3 is 6.18 Å². The third kappa shape index (κ3) is 3.73. The maximum atomic E-state index is 12.6. The Bertz CT molecular complexity index is 396. The Morgan fingerprint density at radius 1 is 1.22 bits per heavy atom. The van der Waals surface area contributed by atoms with Crippen LogP contribution in [0.4, 0.5) is 13.2 Å². The van der Waals surface area contributed by atoms with Gasteiger partial charge in [0.2, 0.25) is 0 Å². The zero-order valence-corrected chi connectivity index (χ0v) is 10.9. The van der Waals surface area contributed by atoms with Gasteiger partial charge in [0.15, 0.2) is 0 Å². The van der Waals surface area contributed by atoms with E-state index in [4.69, 9.17) is 0 Å². The van der Waals surface area contributed by atoms with Crippen molar-refractivity contribution in [3.63, 3.8) is 0 Å². The summed E-state index contributed by atoms with van der Waals surface area (Å²) in [5.74, 6) is 0. The van der Waals surface area contributed by atoms with Crippen molar-refractivity contribution >= 4 is 0 Å². The van der Waals surface area contributed by atoms with Gasteiger partial charge < -0.3 is 5.11 Å². The minimum Gasteiger partial charge on any atom is -0.393 e. The molecule has 18 heavy (non-hydrogen) atoms. The van der Waals surface area contributed by atoms with Crippen LogP contribution in [0.15, 0.2) is 24.3 Å². The summed E-state index contributed by atoms with van der Waals surface area (Å²) in [6.45, 7) is 5.58. The summed E-state index contributed by atoms with van der Waals surface area (Å²) in [6, 6.07) is 5.29. The van der Waals surface area contributed by atoms with Crippen LogP contribution in [0.5, 0.6) is 0 Å². The highest BCUT2D eigenvalue weighted by molar-refractivity contribution is 5.26. The number of hydrogen-bond donors (Lipinski definition) is 1. The van der Waals surface area contributed by atoms with Crippen molar-refractivity contribution in [1.29, 1.82) is 0 Å². The molecule has 0 saturated heterocycles. The fourth-order valence-corrected chi connectivity index (χ4v) is 2.05. The molecule has 0 heterocycles. The number of alkyl halides is 3. The quantitative estimate of drug-likeness (QED) is 0.866. The smallest absolute Gasteiger partial charge is 0.393 e. The van der Waals surface area contributed by atoms with Crippen molar-refractivity contribution in [2.75, 3.05) is 0 Å². The lowest BCUT2D eigenvalue weighted by Crippen LogP contribution is -2.30. The second kappa shape index (κ2) is 5.31. The van der Waals surface area contributed by atoms with Gasteiger partial charge in [0, 0.05) is 0 Å². The number of rotatable bonds is 4. The molecule has 0 saturated carbocycles. The van der Waals surface area contributed by atoms with E-state index in [1.807, 2.05) is 20.8 Å². The van der Waals surface area contributed by atoms with Crippen LogP contribution in [0, 0.1) is 5.41 Å². The zero-order valence-electron chi connectivity index (χ0n) is 10.9. The van der Waals surface area contributed by atoms with E-state index in [1.54, 1.807) is 6.07 Å². The van der Waals surface area contributed by atoms with Crippen LogP contribution >= 0.6 is 0 Å². The lowest BCUT2D eigenvalue weighted by Gasteiger charge is -2.30. The minimum absolute atomic E-state index is 0.423. The van der Waals surface area contributed by atoms with E-state index in [-0.39, 0.29) is 0 Å². The van der Waals surface area contributed by atoms with Crippen molar-refractivity contribution in [2.45, 2.75) is 45.9 Å². The van der Waals surface area contributed by atoms with E-state index in [2.05, 4.69) is 0 Å². The fraction of sp³-hybridized carbons (Fsp3) is 0.571. The van der Waals surface area contributed by atoms with Gasteiger partial charge in [-0.05, 0) is 29.9 Å². The van der Waals surface area contributed by atoms with E-state index in [1.165, 1.54) is 6.07 Å². The van der Waals surface area contributed by atoms with Crippen LogP contribution in [0.3, 0.4) is 0 Å². The van der Waals surface area contributed by atoms with Gasteiger partial charge in [-0.15, -0.1) is 0 Å². The molecule has 0 aliphatic carbocycles. The lowest BCUT2D eigenvalue weighted by atomic mass is 9.79. The highest BCUT2D eigenvalue weighted by Crippen LogP contribution is 2.32. The third-order valence-corrected chi connectivity index (χ3v) is 3.20. The Morgan fingerprint density at radius 3 is 2.33 bits per heavy atom. The Kier molecular flexibility index (Phi) is 4.43. The van der Waals surface area contributed by atoms with Crippen molar-refractivity contribution < 1.29 is 18.3 Å². The van der Waals surface area contributed by atoms with Crippen LogP contribution in [-0.2, 0) is 12.6 Å². The van der Waals surface area contributed by atoms with Crippen LogP contribution in [0.2, 0.25) is 0 Å². The van der Waals surface area contributed by atoms with Crippen LogP contribution in [-0.4, -0.2) is 11.2 Å². The molecule has 1 aromatic carbocycles. The van der Waals surface area contributed by atoms with E-state index in [9.17, 15) is 18.3 Å². The molecule has 1 rings (SSSR count). The third-order valence-electron chi connectivity index (χ3n) is 3.20. The molecule has 1 aromatic rings. The predicted molar refractivity (Wildman–Crippen MR) is 65.2 cm³/mol. The molecular weight excluding hydrogens is 241 g/mol. The summed E-state index contributed by atoms with van der Waals surface area (Å²) in [5, 5.41) is 9.85. The summed E-state index contributed by atoms with van der Waals surface area (Å²) >= 11 is 0. The van der Waals surface area contributed by atoms with Crippen LogP contribution in [0.25, 0.3) is 0 Å². The molecule has 0 fully saturated rings. The molecule has 0 bridgehead atoms. The SMILES string of the molecule is CCC(O)C(C)(C)Cc1cccc(C(F)(F)F)c1. The second-order valence-corrected chi connectivity index (χ2v) is 5.29. The monoisotopic (exact) mass is 260 g/mol. The molecule has 4 heteroatoms. The number of aliphatic hydroxyl groups is 1.